The van der Waals surface area contributed by atoms with Crippen LogP contribution in [0.1, 0.15) is 0 Å². The van der Waals surface area contributed by atoms with Gasteiger partial charge in [-0.2, -0.15) is 0 Å². The highest BCUT2D eigenvalue weighted by atomic mass is 35.5. The number of hydrogen-bond acceptors (Lipinski definition) is 5. The van der Waals surface area contributed by atoms with Crippen LogP contribution in [-0.4, -0.2) is 18.4 Å². The van der Waals surface area contributed by atoms with Gasteiger partial charge in [0.15, 0.2) is 0 Å². The molecule has 2 aromatic heterocycles. The largest absolute Gasteiger partial charge is 0.419 e. The number of sulfonamides is 1. The van der Waals surface area contributed by atoms with E-state index in [1.165, 1.54) is 12.3 Å². The fourth-order valence-corrected chi connectivity index (χ4v) is 3.78. The van der Waals surface area contributed by atoms with Crippen molar-refractivity contribution in [3.8, 4) is 22.9 Å². The van der Waals surface area contributed by atoms with Crippen LogP contribution < -0.4 is 9.88 Å². The second-order valence-electron chi connectivity index (χ2n) is 6.02. The number of nitrogens with zero attached hydrogens (tertiary/aromatic N) is 2. The summed E-state index contributed by atoms with van der Waals surface area (Å²) in [5, 5.41) is 7.48. The molecule has 0 radical (unpaired) electrons. The molecule has 0 atom stereocenters. The number of ether oxygens (including phenoxy) is 1. The average Bonchev–Trinajstić information content (AvgIpc) is 2.69. The molecule has 0 aliphatic heterocycles. The molecule has 28 heavy (non-hydrogen) atoms. The number of pyridine rings is 2. The first-order valence-corrected chi connectivity index (χ1v) is 10.1. The van der Waals surface area contributed by atoms with E-state index < -0.39 is 10.0 Å². The van der Waals surface area contributed by atoms with Crippen molar-refractivity contribution in [3.63, 3.8) is 0 Å². The summed E-state index contributed by atoms with van der Waals surface area (Å²) in [7, 11) is -3.89. The van der Waals surface area contributed by atoms with Gasteiger partial charge in [0.1, 0.15) is 5.02 Å². The summed E-state index contributed by atoms with van der Waals surface area (Å²) >= 11 is 6.32. The van der Waals surface area contributed by atoms with Crippen molar-refractivity contribution >= 4 is 32.4 Å². The second kappa shape index (κ2) is 7.20. The lowest BCUT2D eigenvalue weighted by molar-refractivity contribution is 0.446. The van der Waals surface area contributed by atoms with Crippen molar-refractivity contribution in [3.05, 3.63) is 78.1 Å². The monoisotopic (exact) mass is 411 g/mol. The van der Waals surface area contributed by atoms with Crippen LogP contribution in [0.4, 0.5) is 0 Å². The number of nitrogens with two attached hydrogens (primary N) is 1. The quantitative estimate of drug-likeness (QED) is 0.537. The highest BCUT2D eigenvalue weighted by molar-refractivity contribution is 7.89. The van der Waals surface area contributed by atoms with Gasteiger partial charge in [-0.1, -0.05) is 54.1 Å². The third-order valence-electron chi connectivity index (χ3n) is 4.12. The highest BCUT2D eigenvalue weighted by Crippen LogP contribution is 2.33. The van der Waals surface area contributed by atoms with Gasteiger partial charge in [0, 0.05) is 35.0 Å². The van der Waals surface area contributed by atoms with Gasteiger partial charge in [0.2, 0.25) is 21.8 Å². The number of hydrogen-bond donors (Lipinski definition) is 1. The van der Waals surface area contributed by atoms with Crippen molar-refractivity contribution in [1.29, 1.82) is 0 Å². The summed E-state index contributed by atoms with van der Waals surface area (Å²) < 4.78 is 29.3. The molecule has 0 saturated heterocycles. The zero-order valence-corrected chi connectivity index (χ0v) is 16.0. The van der Waals surface area contributed by atoms with E-state index in [2.05, 4.69) is 9.97 Å². The number of rotatable bonds is 4. The first-order valence-electron chi connectivity index (χ1n) is 8.22. The van der Waals surface area contributed by atoms with Crippen LogP contribution in [0.3, 0.4) is 0 Å². The molecule has 8 heteroatoms. The van der Waals surface area contributed by atoms with E-state index in [9.17, 15) is 8.42 Å². The van der Waals surface area contributed by atoms with Crippen LogP contribution in [0.2, 0.25) is 5.02 Å². The van der Waals surface area contributed by atoms with Gasteiger partial charge in [-0.25, -0.2) is 23.5 Å². The Bertz CT molecular complexity index is 1290. The van der Waals surface area contributed by atoms with Gasteiger partial charge in [-0.15, -0.1) is 0 Å². The minimum absolute atomic E-state index is 0.00210. The van der Waals surface area contributed by atoms with Crippen molar-refractivity contribution < 1.29 is 13.2 Å². The molecule has 0 aliphatic rings. The Morgan fingerprint density at radius 3 is 2.36 bits per heavy atom. The smallest absolute Gasteiger partial charge is 0.240 e. The van der Waals surface area contributed by atoms with E-state index in [4.69, 9.17) is 21.5 Å². The molecule has 0 fully saturated rings. The molecule has 4 rings (SSSR count). The maximum atomic E-state index is 11.8. The molecular weight excluding hydrogens is 398 g/mol. The predicted octanol–water partition coefficient (Wildman–Crippen LogP) is 4.39. The Kier molecular flexibility index (Phi) is 4.72. The summed E-state index contributed by atoms with van der Waals surface area (Å²) in [6, 6.07) is 17.5. The molecular formula is C20H14ClN3O3S. The SMILES string of the molecule is NS(=O)(=O)c1ccccc1-c1cnc(Oc2cc3ccccc3cn2)c(Cl)c1. The van der Waals surface area contributed by atoms with Gasteiger partial charge >= 0.3 is 0 Å². The lowest BCUT2D eigenvalue weighted by atomic mass is 10.1. The lowest BCUT2D eigenvalue weighted by Crippen LogP contribution is -2.13. The van der Waals surface area contributed by atoms with Crippen LogP contribution in [0, 0.1) is 0 Å². The Morgan fingerprint density at radius 1 is 0.893 bits per heavy atom. The molecule has 0 unspecified atom stereocenters. The number of halogens is 1. The van der Waals surface area contributed by atoms with Gasteiger partial charge in [0.25, 0.3) is 0 Å². The Balaban J connectivity index is 1.69. The Labute approximate surface area is 166 Å². The van der Waals surface area contributed by atoms with Crippen LogP contribution >= 0.6 is 11.6 Å². The summed E-state index contributed by atoms with van der Waals surface area (Å²) in [4.78, 5) is 8.47. The van der Waals surface area contributed by atoms with E-state index in [0.29, 0.717) is 17.0 Å². The molecule has 0 saturated carbocycles. The lowest BCUT2D eigenvalue weighted by Gasteiger charge is -2.10. The number of benzene rings is 2. The molecule has 2 heterocycles. The van der Waals surface area contributed by atoms with Gasteiger partial charge < -0.3 is 4.74 Å². The molecule has 0 amide bonds. The van der Waals surface area contributed by atoms with Crippen LogP contribution in [0.5, 0.6) is 11.8 Å². The fourth-order valence-electron chi connectivity index (χ4n) is 2.82. The third kappa shape index (κ3) is 3.68. The second-order valence-corrected chi connectivity index (χ2v) is 7.96. The van der Waals surface area contributed by atoms with E-state index >= 15 is 0 Å². The van der Waals surface area contributed by atoms with Crippen molar-refractivity contribution in [2.75, 3.05) is 0 Å². The Hall–Kier alpha value is -3.00. The molecule has 4 aromatic rings. The average molecular weight is 412 g/mol. The topological polar surface area (TPSA) is 95.2 Å². The van der Waals surface area contributed by atoms with Crippen molar-refractivity contribution in [2.24, 2.45) is 5.14 Å². The van der Waals surface area contributed by atoms with Crippen LogP contribution in [0.15, 0.2) is 78.0 Å². The number of aromatic nitrogens is 2. The Morgan fingerprint density at radius 2 is 1.61 bits per heavy atom. The van der Waals surface area contributed by atoms with Crippen molar-refractivity contribution in [2.45, 2.75) is 4.90 Å². The molecule has 0 aliphatic carbocycles. The van der Waals surface area contributed by atoms with Gasteiger partial charge in [-0.05, 0) is 17.5 Å². The van der Waals surface area contributed by atoms with Crippen LogP contribution in [-0.2, 0) is 10.0 Å². The zero-order valence-electron chi connectivity index (χ0n) is 14.4. The molecule has 2 N–H and O–H groups in total. The van der Waals surface area contributed by atoms with E-state index in [0.717, 1.165) is 10.8 Å². The predicted molar refractivity (Wildman–Crippen MR) is 108 cm³/mol. The molecule has 140 valence electrons. The third-order valence-corrected chi connectivity index (χ3v) is 5.36. The number of primary sulfonamides is 1. The summed E-state index contributed by atoms with van der Waals surface area (Å²) in [5.74, 6) is 0.520. The molecule has 0 bridgehead atoms. The fraction of sp³-hybridized carbons (Fsp3) is 0. The van der Waals surface area contributed by atoms with Gasteiger partial charge in [0.05, 0.1) is 4.90 Å². The molecule has 2 aromatic carbocycles. The van der Waals surface area contributed by atoms with E-state index in [1.54, 1.807) is 36.5 Å². The van der Waals surface area contributed by atoms with E-state index in [1.807, 2.05) is 24.3 Å². The molecule has 0 spiro atoms. The standard InChI is InChI=1S/C20H14ClN3O3S/c21-17-9-15(16-7-3-4-8-18(16)28(22,25)26)12-24-20(17)27-19-10-13-5-1-2-6-14(13)11-23-19/h1-12H,(H2,22,25,26). The minimum atomic E-state index is -3.89. The zero-order chi connectivity index (χ0) is 19.7. The summed E-state index contributed by atoms with van der Waals surface area (Å²) in [6.45, 7) is 0. The van der Waals surface area contributed by atoms with Crippen LogP contribution in [0.25, 0.3) is 21.9 Å². The normalized spacial score (nSPS) is 11.5. The van der Waals surface area contributed by atoms with Gasteiger partial charge in [-0.3, -0.25) is 0 Å². The maximum absolute atomic E-state index is 11.8. The first kappa shape index (κ1) is 18.4. The first-order chi connectivity index (χ1) is 13.4. The summed E-state index contributed by atoms with van der Waals surface area (Å²) in [5.41, 5.74) is 0.920. The summed E-state index contributed by atoms with van der Waals surface area (Å²) in [6.07, 6.45) is 3.18. The number of fused-ring (bicyclic) bond motifs is 1. The minimum Gasteiger partial charge on any atom is -0.419 e. The maximum Gasteiger partial charge on any atom is 0.240 e. The molecule has 6 nitrogen and oxygen atoms in total. The highest BCUT2D eigenvalue weighted by Gasteiger charge is 2.16. The van der Waals surface area contributed by atoms with Crippen molar-refractivity contribution in [1.82, 2.24) is 9.97 Å². The van der Waals surface area contributed by atoms with E-state index in [-0.39, 0.29) is 15.8 Å².